The first-order valence-electron chi connectivity index (χ1n) is 4.34. The molecule has 0 bridgehead atoms. The first kappa shape index (κ1) is 8.98. The number of hydrogen-bond donors (Lipinski definition) is 0. The summed E-state index contributed by atoms with van der Waals surface area (Å²) >= 11 is 0. The zero-order valence-corrected chi connectivity index (χ0v) is 9.14. The smallest absolute Gasteiger partial charge is 0.123 e. The summed E-state index contributed by atoms with van der Waals surface area (Å²) in [5.41, 5.74) is 0. The highest BCUT2D eigenvalue weighted by molar-refractivity contribution is 6.82. The first-order chi connectivity index (χ1) is 4.88. The van der Waals surface area contributed by atoms with Crippen molar-refractivity contribution in [1.82, 2.24) is 0 Å². The van der Waals surface area contributed by atoms with Crippen molar-refractivity contribution >= 4 is 14.4 Å². The topological polar surface area (TPSA) is 17.1 Å². The molecule has 1 nitrogen and oxygen atoms in total. The van der Waals surface area contributed by atoms with Gasteiger partial charge in [0.2, 0.25) is 0 Å². The van der Waals surface area contributed by atoms with E-state index in [1.54, 1.807) is 0 Å². The third kappa shape index (κ3) is 0.918. The van der Waals surface area contributed by atoms with Crippen LogP contribution in [0.3, 0.4) is 0 Å². The van der Waals surface area contributed by atoms with Crippen molar-refractivity contribution in [3.8, 4) is 0 Å². The van der Waals surface area contributed by atoms with Gasteiger partial charge in [-0.05, 0) is 11.8 Å². The maximum absolute atomic E-state index is 11.0. The molecule has 0 radical (unpaired) electrons. The Morgan fingerprint density at radius 3 is 1.55 bits per heavy atom. The molecule has 1 aliphatic rings. The van der Waals surface area contributed by atoms with Crippen LogP contribution in [-0.2, 0) is 4.79 Å². The number of aldehydes is 1. The van der Waals surface area contributed by atoms with Crippen LogP contribution in [-0.4, -0.2) is 14.4 Å². The summed E-state index contributed by atoms with van der Waals surface area (Å²) in [7, 11) is -1.27. The lowest BCUT2D eigenvalue weighted by Crippen LogP contribution is -2.33. The van der Waals surface area contributed by atoms with Crippen LogP contribution in [0.2, 0.25) is 24.7 Å². The van der Waals surface area contributed by atoms with Crippen molar-refractivity contribution in [1.29, 1.82) is 0 Å². The molecule has 2 atom stereocenters. The van der Waals surface area contributed by atoms with Crippen molar-refractivity contribution in [2.24, 2.45) is 11.8 Å². The molecule has 2 unspecified atom stereocenters. The summed E-state index contributed by atoms with van der Waals surface area (Å²) in [5, 5.41) is 0.104. The van der Waals surface area contributed by atoms with Gasteiger partial charge in [-0.3, -0.25) is 0 Å². The molecule has 2 heteroatoms. The van der Waals surface area contributed by atoms with E-state index < -0.39 is 8.07 Å². The van der Waals surface area contributed by atoms with E-state index in [0.717, 1.165) is 0 Å². The first-order valence-corrected chi connectivity index (χ1v) is 7.84. The summed E-state index contributed by atoms with van der Waals surface area (Å²) in [5.74, 6) is 1.26. The second-order valence-corrected chi connectivity index (χ2v) is 10.2. The summed E-state index contributed by atoms with van der Waals surface area (Å²) in [6, 6.07) is 0. The SMILES string of the molecule is CC1C(C)C1(C=O)[Si](C)(C)C. The van der Waals surface area contributed by atoms with Crippen molar-refractivity contribution in [3.63, 3.8) is 0 Å². The monoisotopic (exact) mass is 170 g/mol. The van der Waals surface area contributed by atoms with Gasteiger partial charge < -0.3 is 4.79 Å². The van der Waals surface area contributed by atoms with Gasteiger partial charge in [0.1, 0.15) is 6.29 Å². The number of carbonyl (C=O) groups is 1. The lowest BCUT2D eigenvalue weighted by atomic mass is 10.3. The van der Waals surface area contributed by atoms with E-state index in [1.165, 1.54) is 6.29 Å². The van der Waals surface area contributed by atoms with Gasteiger partial charge in [-0.25, -0.2) is 0 Å². The van der Waals surface area contributed by atoms with Crippen LogP contribution in [0.5, 0.6) is 0 Å². The maximum Gasteiger partial charge on any atom is 0.123 e. The minimum Gasteiger partial charge on any atom is -0.303 e. The van der Waals surface area contributed by atoms with Gasteiger partial charge in [0, 0.05) is 5.04 Å². The molecule has 0 aromatic carbocycles. The third-order valence-corrected chi connectivity index (χ3v) is 7.27. The Kier molecular flexibility index (Phi) is 1.79. The van der Waals surface area contributed by atoms with Crippen LogP contribution in [0.15, 0.2) is 0 Å². The van der Waals surface area contributed by atoms with E-state index in [0.29, 0.717) is 11.8 Å². The molecule has 0 saturated heterocycles. The Balaban J connectivity index is 2.91. The van der Waals surface area contributed by atoms with Crippen LogP contribution in [0, 0.1) is 11.8 Å². The number of hydrogen-bond acceptors (Lipinski definition) is 1. The third-order valence-electron chi connectivity index (χ3n) is 3.64. The van der Waals surface area contributed by atoms with Crippen LogP contribution >= 0.6 is 0 Å². The van der Waals surface area contributed by atoms with Crippen LogP contribution < -0.4 is 0 Å². The zero-order chi connectivity index (χ0) is 8.86. The van der Waals surface area contributed by atoms with Crippen LogP contribution in [0.1, 0.15) is 13.8 Å². The van der Waals surface area contributed by atoms with Crippen molar-refractivity contribution < 1.29 is 4.79 Å². The average molecular weight is 170 g/mol. The second kappa shape index (κ2) is 2.19. The fraction of sp³-hybridized carbons (Fsp3) is 0.889. The molecule has 0 aliphatic heterocycles. The molecule has 0 amide bonds. The summed E-state index contributed by atoms with van der Waals surface area (Å²) < 4.78 is 0. The van der Waals surface area contributed by atoms with E-state index in [4.69, 9.17) is 0 Å². The maximum atomic E-state index is 11.0. The van der Waals surface area contributed by atoms with Crippen LogP contribution in [0.25, 0.3) is 0 Å². The Morgan fingerprint density at radius 2 is 1.55 bits per heavy atom. The van der Waals surface area contributed by atoms with Gasteiger partial charge in [-0.1, -0.05) is 33.5 Å². The lowest BCUT2D eigenvalue weighted by molar-refractivity contribution is -0.108. The molecule has 1 fully saturated rings. The highest BCUT2D eigenvalue weighted by atomic mass is 28.3. The fourth-order valence-corrected chi connectivity index (χ4v) is 6.07. The molecule has 1 saturated carbocycles. The molecule has 0 N–H and O–H groups in total. The van der Waals surface area contributed by atoms with E-state index in [-0.39, 0.29) is 5.04 Å². The average Bonchev–Trinajstić information content (AvgIpc) is 2.36. The Hall–Kier alpha value is -0.113. The summed E-state index contributed by atoms with van der Waals surface area (Å²) in [6.45, 7) is 11.3. The van der Waals surface area contributed by atoms with Crippen molar-refractivity contribution in [2.75, 3.05) is 0 Å². The van der Waals surface area contributed by atoms with E-state index >= 15 is 0 Å². The molecule has 0 spiro atoms. The minimum atomic E-state index is -1.27. The standard InChI is InChI=1S/C9H18OSi/c1-7-8(2)9(7,6-10)11(3,4)5/h6-8H,1-5H3. The second-order valence-electron chi connectivity index (χ2n) is 4.88. The Bertz CT molecular complexity index is 172. The molecule has 0 aromatic heterocycles. The molecule has 1 rings (SSSR count). The lowest BCUT2D eigenvalue weighted by Gasteiger charge is -2.25. The van der Waals surface area contributed by atoms with Crippen LogP contribution in [0.4, 0.5) is 0 Å². The Labute approximate surface area is 70.2 Å². The van der Waals surface area contributed by atoms with Crippen molar-refractivity contribution in [3.05, 3.63) is 0 Å². The largest absolute Gasteiger partial charge is 0.303 e. The van der Waals surface area contributed by atoms with Gasteiger partial charge in [0.25, 0.3) is 0 Å². The summed E-state index contributed by atoms with van der Waals surface area (Å²) in [6.07, 6.45) is 1.23. The van der Waals surface area contributed by atoms with E-state index in [9.17, 15) is 4.79 Å². The van der Waals surface area contributed by atoms with E-state index in [1.807, 2.05) is 0 Å². The van der Waals surface area contributed by atoms with Gasteiger partial charge >= 0.3 is 0 Å². The van der Waals surface area contributed by atoms with Gasteiger partial charge in [-0.2, -0.15) is 0 Å². The molecule has 11 heavy (non-hydrogen) atoms. The van der Waals surface area contributed by atoms with Gasteiger partial charge in [0.05, 0.1) is 8.07 Å². The minimum absolute atomic E-state index is 0.104. The molecular formula is C9H18OSi. The molecule has 0 aromatic rings. The Morgan fingerprint density at radius 1 is 1.18 bits per heavy atom. The summed E-state index contributed by atoms with van der Waals surface area (Å²) in [4.78, 5) is 11.0. The van der Waals surface area contributed by atoms with Crippen molar-refractivity contribution in [2.45, 2.75) is 38.5 Å². The number of carbonyl (C=O) groups excluding carboxylic acids is 1. The fourth-order valence-electron chi connectivity index (χ4n) is 2.57. The number of rotatable bonds is 2. The highest BCUT2D eigenvalue weighted by Gasteiger charge is 2.65. The van der Waals surface area contributed by atoms with E-state index in [2.05, 4.69) is 33.5 Å². The quantitative estimate of drug-likeness (QED) is 0.460. The molecule has 1 aliphatic carbocycles. The highest BCUT2D eigenvalue weighted by Crippen LogP contribution is 2.68. The predicted molar refractivity (Wildman–Crippen MR) is 50.4 cm³/mol. The normalized spacial score (nSPS) is 43.7. The van der Waals surface area contributed by atoms with Gasteiger partial charge in [-0.15, -0.1) is 0 Å². The molecule has 0 heterocycles. The van der Waals surface area contributed by atoms with Gasteiger partial charge in [0.15, 0.2) is 0 Å². The molecular weight excluding hydrogens is 152 g/mol. The molecule has 64 valence electrons. The zero-order valence-electron chi connectivity index (χ0n) is 8.14. The predicted octanol–water partition coefficient (Wildman–Crippen LogP) is 2.55.